The highest BCUT2D eigenvalue weighted by atomic mass is 32.1. The fraction of sp³-hybridized carbons (Fsp3) is 0.562. The van der Waals surface area contributed by atoms with E-state index in [0.29, 0.717) is 0 Å². The summed E-state index contributed by atoms with van der Waals surface area (Å²) in [6.07, 6.45) is 4.61. The van der Waals surface area contributed by atoms with Gasteiger partial charge in [0.25, 0.3) is 0 Å². The summed E-state index contributed by atoms with van der Waals surface area (Å²) in [6.45, 7) is 5.60. The molecule has 1 heterocycles. The molecule has 0 fully saturated rings. The van der Waals surface area contributed by atoms with E-state index in [4.69, 9.17) is 4.98 Å². The fourth-order valence-electron chi connectivity index (χ4n) is 2.50. The smallest absolute Gasteiger partial charge is 0.109 e. The van der Waals surface area contributed by atoms with E-state index in [1.54, 1.807) is 0 Å². The average molecular weight is 276 g/mol. The van der Waals surface area contributed by atoms with Gasteiger partial charge >= 0.3 is 0 Å². The SMILES string of the molecule is CCCc1nc2ccccc2n1CCC(C)CCS. The standard InChI is InChI=1S/C16H24N2S/c1-3-6-16-17-14-7-4-5-8-15(14)18(16)11-9-13(2)10-12-19/h4-5,7-8,13,19H,3,6,9-12H2,1-2H3. The Hall–Kier alpha value is -0.960. The highest BCUT2D eigenvalue weighted by Gasteiger charge is 2.10. The molecule has 0 saturated carbocycles. The van der Waals surface area contributed by atoms with Crippen molar-refractivity contribution in [3.8, 4) is 0 Å². The van der Waals surface area contributed by atoms with Gasteiger partial charge in [-0.2, -0.15) is 12.6 Å². The topological polar surface area (TPSA) is 17.8 Å². The summed E-state index contributed by atoms with van der Waals surface area (Å²) in [7, 11) is 0. The van der Waals surface area contributed by atoms with E-state index in [2.05, 4.69) is 55.3 Å². The first-order chi connectivity index (χ1) is 9.26. The number of thiol groups is 1. The Labute approximate surface area is 121 Å². The van der Waals surface area contributed by atoms with Gasteiger partial charge in [-0.05, 0) is 43.1 Å². The summed E-state index contributed by atoms with van der Waals surface area (Å²) < 4.78 is 2.41. The zero-order chi connectivity index (χ0) is 13.7. The van der Waals surface area contributed by atoms with Gasteiger partial charge in [0.05, 0.1) is 11.0 Å². The molecular weight excluding hydrogens is 252 g/mol. The lowest BCUT2D eigenvalue weighted by atomic mass is 10.1. The molecular formula is C16H24N2S. The molecule has 19 heavy (non-hydrogen) atoms. The van der Waals surface area contributed by atoms with Crippen LogP contribution in [0.5, 0.6) is 0 Å². The van der Waals surface area contributed by atoms with Crippen LogP contribution in [0.4, 0.5) is 0 Å². The van der Waals surface area contributed by atoms with Crippen LogP contribution in [0.15, 0.2) is 24.3 Å². The molecule has 3 heteroatoms. The van der Waals surface area contributed by atoms with Gasteiger partial charge < -0.3 is 4.57 Å². The third-order valence-corrected chi connectivity index (χ3v) is 3.93. The number of hydrogen-bond acceptors (Lipinski definition) is 2. The van der Waals surface area contributed by atoms with Crippen molar-refractivity contribution >= 4 is 23.7 Å². The van der Waals surface area contributed by atoms with E-state index in [1.807, 2.05) is 0 Å². The highest BCUT2D eigenvalue weighted by Crippen LogP contribution is 2.19. The first kappa shape index (κ1) is 14.4. The summed E-state index contributed by atoms with van der Waals surface area (Å²) in [6, 6.07) is 8.47. The molecule has 0 spiro atoms. The first-order valence-electron chi connectivity index (χ1n) is 7.31. The number of hydrogen-bond donors (Lipinski definition) is 1. The van der Waals surface area contributed by atoms with Crippen LogP contribution in [0.3, 0.4) is 0 Å². The second kappa shape index (κ2) is 6.99. The van der Waals surface area contributed by atoms with E-state index in [1.165, 1.54) is 24.2 Å². The van der Waals surface area contributed by atoms with Gasteiger partial charge in [-0.15, -0.1) is 0 Å². The second-order valence-electron chi connectivity index (χ2n) is 5.32. The van der Waals surface area contributed by atoms with Crippen molar-refractivity contribution in [3.05, 3.63) is 30.1 Å². The lowest BCUT2D eigenvalue weighted by molar-refractivity contribution is 0.469. The van der Waals surface area contributed by atoms with Crippen molar-refractivity contribution in [1.82, 2.24) is 9.55 Å². The summed E-state index contributed by atoms with van der Waals surface area (Å²) in [5.74, 6) is 2.95. The minimum absolute atomic E-state index is 0.730. The van der Waals surface area contributed by atoms with Gasteiger partial charge in [-0.1, -0.05) is 26.0 Å². The molecule has 0 aliphatic carbocycles. The van der Waals surface area contributed by atoms with Crippen molar-refractivity contribution in [2.24, 2.45) is 5.92 Å². The molecule has 1 atom stereocenters. The van der Waals surface area contributed by atoms with E-state index in [0.717, 1.165) is 36.6 Å². The highest BCUT2D eigenvalue weighted by molar-refractivity contribution is 7.80. The predicted octanol–water partition coefficient (Wildman–Crippen LogP) is 4.33. The molecule has 0 N–H and O–H groups in total. The minimum atomic E-state index is 0.730. The quantitative estimate of drug-likeness (QED) is 0.745. The third kappa shape index (κ3) is 3.53. The molecule has 2 rings (SSSR count). The number of aromatic nitrogens is 2. The van der Waals surface area contributed by atoms with Crippen molar-refractivity contribution in [2.45, 2.75) is 46.1 Å². The Morgan fingerprint density at radius 3 is 2.79 bits per heavy atom. The zero-order valence-electron chi connectivity index (χ0n) is 12.0. The molecule has 0 aliphatic heterocycles. The Balaban J connectivity index is 2.21. The molecule has 0 radical (unpaired) electrons. The number of nitrogens with zero attached hydrogens (tertiary/aromatic N) is 2. The van der Waals surface area contributed by atoms with Crippen LogP contribution in [-0.4, -0.2) is 15.3 Å². The number of rotatable bonds is 7. The maximum Gasteiger partial charge on any atom is 0.109 e. The number of imidazole rings is 1. The Morgan fingerprint density at radius 1 is 1.26 bits per heavy atom. The molecule has 2 aromatic rings. The Morgan fingerprint density at radius 2 is 2.05 bits per heavy atom. The Kier molecular flexibility index (Phi) is 5.32. The van der Waals surface area contributed by atoms with Crippen LogP contribution in [0.2, 0.25) is 0 Å². The molecule has 0 amide bonds. The van der Waals surface area contributed by atoms with E-state index >= 15 is 0 Å². The number of fused-ring (bicyclic) bond motifs is 1. The third-order valence-electron chi connectivity index (χ3n) is 3.67. The summed E-state index contributed by atoms with van der Waals surface area (Å²) in [5, 5.41) is 0. The van der Waals surface area contributed by atoms with Gasteiger partial charge in [-0.25, -0.2) is 4.98 Å². The maximum atomic E-state index is 4.77. The number of aryl methyl sites for hydroxylation is 2. The number of benzene rings is 1. The van der Waals surface area contributed by atoms with E-state index < -0.39 is 0 Å². The lowest BCUT2D eigenvalue weighted by Crippen LogP contribution is -2.08. The molecule has 0 saturated heterocycles. The van der Waals surface area contributed by atoms with E-state index in [9.17, 15) is 0 Å². The minimum Gasteiger partial charge on any atom is -0.328 e. The molecule has 1 unspecified atom stereocenters. The summed E-state index contributed by atoms with van der Waals surface area (Å²) in [5.41, 5.74) is 2.41. The van der Waals surface area contributed by atoms with Crippen LogP contribution in [0.25, 0.3) is 11.0 Å². The van der Waals surface area contributed by atoms with Crippen LogP contribution in [0.1, 0.15) is 38.9 Å². The molecule has 2 nitrogen and oxygen atoms in total. The van der Waals surface area contributed by atoms with Crippen LogP contribution in [0, 0.1) is 5.92 Å². The van der Waals surface area contributed by atoms with Gasteiger partial charge in [0.15, 0.2) is 0 Å². The molecule has 1 aromatic heterocycles. The Bertz CT molecular complexity index is 518. The summed E-state index contributed by atoms with van der Waals surface area (Å²) in [4.78, 5) is 4.77. The normalized spacial score (nSPS) is 13.0. The van der Waals surface area contributed by atoms with Gasteiger partial charge in [0, 0.05) is 13.0 Å². The number of para-hydroxylation sites is 2. The summed E-state index contributed by atoms with van der Waals surface area (Å²) >= 11 is 4.32. The molecule has 104 valence electrons. The molecule has 0 bridgehead atoms. The average Bonchev–Trinajstić information content (AvgIpc) is 2.75. The molecule has 1 aromatic carbocycles. The molecule has 0 aliphatic rings. The maximum absolute atomic E-state index is 4.77. The van der Waals surface area contributed by atoms with E-state index in [-0.39, 0.29) is 0 Å². The van der Waals surface area contributed by atoms with Crippen molar-refractivity contribution in [3.63, 3.8) is 0 Å². The van der Waals surface area contributed by atoms with Crippen molar-refractivity contribution in [1.29, 1.82) is 0 Å². The van der Waals surface area contributed by atoms with Crippen LogP contribution >= 0.6 is 12.6 Å². The fourth-order valence-corrected chi connectivity index (χ4v) is 2.94. The van der Waals surface area contributed by atoms with Crippen molar-refractivity contribution < 1.29 is 0 Å². The van der Waals surface area contributed by atoms with Gasteiger partial charge in [-0.3, -0.25) is 0 Å². The van der Waals surface area contributed by atoms with Gasteiger partial charge in [0.2, 0.25) is 0 Å². The van der Waals surface area contributed by atoms with Crippen molar-refractivity contribution in [2.75, 3.05) is 5.75 Å². The van der Waals surface area contributed by atoms with Gasteiger partial charge in [0.1, 0.15) is 5.82 Å². The second-order valence-corrected chi connectivity index (χ2v) is 5.77. The predicted molar refractivity (Wildman–Crippen MR) is 86.0 cm³/mol. The van der Waals surface area contributed by atoms with Crippen LogP contribution in [-0.2, 0) is 13.0 Å². The zero-order valence-corrected chi connectivity index (χ0v) is 12.9. The largest absolute Gasteiger partial charge is 0.328 e. The lowest BCUT2D eigenvalue weighted by Gasteiger charge is -2.13. The van der Waals surface area contributed by atoms with Crippen LogP contribution < -0.4 is 0 Å². The monoisotopic (exact) mass is 276 g/mol. The first-order valence-corrected chi connectivity index (χ1v) is 7.94.